The second kappa shape index (κ2) is 4.74. The fourth-order valence-corrected chi connectivity index (χ4v) is 1.74. The second-order valence-electron chi connectivity index (χ2n) is 3.62. The van der Waals surface area contributed by atoms with Gasteiger partial charge in [0, 0.05) is 10.6 Å². The van der Waals surface area contributed by atoms with E-state index in [4.69, 9.17) is 16.7 Å². The molecule has 0 bridgehead atoms. The van der Waals surface area contributed by atoms with E-state index in [1.807, 2.05) is 0 Å². The Bertz CT molecular complexity index is 626. The van der Waals surface area contributed by atoms with Gasteiger partial charge in [-0.2, -0.15) is 0 Å². The number of hydrogen-bond acceptors (Lipinski definition) is 1. The molecule has 0 aromatic heterocycles. The molecule has 1 N–H and O–H groups in total. The summed E-state index contributed by atoms with van der Waals surface area (Å²) in [5, 5.41) is 8.92. The van der Waals surface area contributed by atoms with Crippen molar-refractivity contribution in [3.63, 3.8) is 0 Å². The topological polar surface area (TPSA) is 37.3 Å². The third-order valence-electron chi connectivity index (χ3n) is 2.44. The van der Waals surface area contributed by atoms with Crippen molar-refractivity contribution in [1.82, 2.24) is 0 Å². The first-order chi connectivity index (χ1) is 8.49. The summed E-state index contributed by atoms with van der Waals surface area (Å²) in [6, 6.07) is 7.42. The SMILES string of the molecule is O=C(O)c1ccc(-c2ccc(Cl)cc2F)cc1F. The normalized spacial score (nSPS) is 10.4. The van der Waals surface area contributed by atoms with Gasteiger partial charge < -0.3 is 5.11 Å². The quantitative estimate of drug-likeness (QED) is 0.894. The van der Waals surface area contributed by atoms with Crippen LogP contribution in [0.4, 0.5) is 8.78 Å². The smallest absolute Gasteiger partial charge is 0.338 e. The van der Waals surface area contributed by atoms with Crippen LogP contribution in [0.15, 0.2) is 36.4 Å². The van der Waals surface area contributed by atoms with Crippen LogP contribution in [0.2, 0.25) is 5.02 Å². The van der Waals surface area contributed by atoms with Crippen molar-refractivity contribution < 1.29 is 18.7 Å². The minimum Gasteiger partial charge on any atom is -0.478 e. The minimum absolute atomic E-state index is 0.162. The van der Waals surface area contributed by atoms with Crippen molar-refractivity contribution in [3.8, 4) is 11.1 Å². The van der Waals surface area contributed by atoms with E-state index in [2.05, 4.69) is 0 Å². The van der Waals surface area contributed by atoms with Gasteiger partial charge in [0.25, 0.3) is 0 Å². The fraction of sp³-hybridized carbons (Fsp3) is 0. The molecular formula is C13H7ClF2O2. The van der Waals surface area contributed by atoms with Crippen LogP contribution < -0.4 is 0 Å². The summed E-state index contributed by atoms with van der Waals surface area (Å²) in [7, 11) is 0. The van der Waals surface area contributed by atoms with E-state index < -0.39 is 23.2 Å². The zero-order valence-corrected chi connectivity index (χ0v) is 9.71. The van der Waals surface area contributed by atoms with Gasteiger partial charge in [-0.3, -0.25) is 0 Å². The van der Waals surface area contributed by atoms with E-state index >= 15 is 0 Å². The van der Waals surface area contributed by atoms with Crippen molar-refractivity contribution in [2.75, 3.05) is 0 Å². The van der Waals surface area contributed by atoms with Gasteiger partial charge in [0.05, 0.1) is 5.56 Å². The van der Waals surface area contributed by atoms with Crippen LogP contribution in [0, 0.1) is 11.6 Å². The van der Waals surface area contributed by atoms with E-state index in [0.717, 1.165) is 18.2 Å². The average molecular weight is 269 g/mol. The molecule has 2 nitrogen and oxygen atoms in total. The molecule has 0 atom stereocenters. The molecule has 0 unspecified atom stereocenters. The molecule has 5 heteroatoms. The zero-order chi connectivity index (χ0) is 13.3. The Labute approximate surface area is 106 Å². The Morgan fingerprint density at radius 2 is 1.78 bits per heavy atom. The van der Waals surface area contributed by atoms with Crippen LogP contribution >= 0.6 is 11.6 Å². The number of hydrogen-bond donors (Lipinski definition) is 1. The van der Waals surface area contributed by atoms with Gasteiger partial charge in [0.2, 0.25) is 0 Å². The van der Waals surface area contributed by atoms with E-state index in [9.17, 15) is 13.6 Å². The number of carboxylic acid groups (broad SMARTS) is 1. The first-order valence-corrected chi connectivity index (χ1v) is 5.35. The van der Waals surface area contributed by atoms with Gasteiger partial charge in [-0.1, -0.05) is 17.7 Å². The number of carboxylic acids is 1. The predicted octanol–water partition coefficient (Wildman–Crippen LogP) is 3.98. The molecule has 0 aliphatic rings. The maximum atomic E-state index is 13.6. The standard InChI is InChI=1S/C13H7ClF2O2/c14-8-2-4-9(12(16)6-8)7-1-3-10(13(17)18)11(15)5-7/h1-6H,(H,17,18). The molecule has 0 aliphatic heterocycles. The van der Waals surface area contributed by atoms with Crippen LogP contribution in [0.3, 0.4) is 0 Å². The van der Waals surface area contributed by atoms with Crippen molar-refractivity contribution in [2.45, 2.75) is 0 Å². The molecule has 0 radical (unpaired) electrons. The summed E-state index contributed by atoms with van der Waals surface area (Å²) in [4.78, 5) is 10.6. The Balaban J connectivity index is 2.52. The Morgan fingerprint density at radius 3 is 2.33 bits per heavy atom. The van der Waals surface area contributed by atoms with Crippen molar-refractivity contribution in [2.24, 2.45) is 0 Å². The molecule has 0 aliphatic carbocycles. The largest absolute Gasteiger partial charge is 0.478 e. The van der Waals surface area contributed by atoms with Gasteiger partial charge >= 0.3 is 5.97 Å². The molecule has 0 saturated heterocycles. The summed E-state index contributed by atoms with van der Waals surface area (Å²) in [6.07, 6.45) is 0. The van der Waals surface area contributed by atoms with Gasteiger partial charge in [-0.05, 0) is 35.9 Å². The number of carbonyl (C=O) groups is 1. The van der Waals surface area contributed by atoms with Crippen molar-refractivity contribution >= 4 is 17.6 Å². The highest BCUT2D eigenvalue weighted by Gasteiger charge is 2.13. The lowest BCUT2D eigenvalue weighted by Crippen LogP contribution is -2.00. The maximum Gasteiger partial charge on any atom is 0.338 e. The fourth-order valence-electron chi connectivity index (χ4n) is 1.58. The summed E-state index contributed by atoms with van der Waals surface area (Å²) in [6.45, 7) is 0. The van der Waals surface area contributed by atoms with E-state index in [-0.39, 0.29) is 16.1 Å². The molecule has 2 rings (SSSR count). The molecule has 0 amide bonds. The van der Waals surface area contributed by atoms with Crippen molar-refractivity contribution in [3.05, 3.63) is 58.6 Å². The van der Waals surface area contributed by atoms with E-state index in [0.29, 0.717) is 0 Å². The maximum absolute atomic E-state index is 13.6. The van der Waals surface area contributed by atoms with E-state index in [1.54, 1.807) is 0 Å². The van der Waals surface area contributed by atoms with Gasteiger partial charge in [-0.15, -0.1) is 0 Å². The van der Waals surface area contributed by atoms with Crippen LogP contribution in [0.1, 0.15) is 10.4 Å². The summed E-state index contributed by atoms with van der Waals surface area (Å²) in [5.74, 6) is -2.87. The Morgan fingerprint density at radius 1 is 1.06 bits per heavy atom. The lowest BCUT2D eigenvalue weighted by atomic mass is 10.0. The summed E-state index contributed by atoms with van der Waals surface area (Å²) < 4.78 is 27.1. The van der Waals surface area contributed by atoms with Crippen molar-refractivity contribution in [1.29, 1.82) is 0 Å². The highest BCUT2D eigenvalue weighted by molar-refractivity contribution is 6.30. The number of aromatic carboxylic acids is 1. The van der Waals surface area contributed by atoms with Gasteiger partial charge in [0.15, 0.2) is 0 Å². The van der Waals surface area contributed by atoms with Crippen LogP contribution in [-0.2, 0) is 0 Å². The molecule has 92 valence electrons. The van der Waals surface area contributed by atoms with Gasteiger partial charge in [0.1, 0.15) is 11.6 Å². The van der Waals surface area contributed by atoms with Crippen LogP contribution in [0.5, 0.6) is 0 Å². The summed E-state index contributed by atoms with van der Waals surface area (Å²) >= 11 is 5.61. The lowest BCUT2D eigenvalue weighted by molar-refractivity contribution is 0.0692. The highest BCUT2D eigenvalue weighted by atomic mass is 35.5. The first kappa shape index (κ1) is 12.5. The molecule has 2 aromatic rings. The second-order valence-corrected chi connectivity index (χ2v) is 4.06. The molecule has 18 heavy (non-hydrogen) atoms. The zero-order valence-electron chi connectivity index (χ0n) is 8.95. The highest BCUT2D eigenvalue weighted by Crippen LogP contribution is 2.26. The molecule has 0 fully saturated rings. The summed E-state index contributed by atoms with van der Waals surface area (Å²) in [5.41, 5.74) is -0.0324. The third kappa shape index (κ3) is 2.33. The number of rotatable bonds is 2. The Hall–Kier alpha value is -1.94. The van der Waals surface area contributed by atoms with E-state index in [1.165, 1.54) is 18.2 Å². The third-order valence-corrected chi connectivity index (χ3v) is 2.68. The minimum atomic E-state index is -1.37. The molecule has 0 saturated carbocycles. The first-order valence-electron chi connectivity index (χ1n) is 4.97. The Kier molecular flexibility index (Phi) is 3.30. The lowest BCUT2D eigenvalue weighted by Gasteiger charge is -2.05. The monoisotopic (exact) mass is 268 g/mol. The molecule has 0 spiro atoms. The van der Waals surface area contributed by atoms with Crippen LogP contribution in [0.25, 0.3) is 11.1 Å². The number of benzene rings is 2. The molecule has 2 aromatic carbocycles. The predicted molar refractivity (Wildman–Crippen MR) is 63.8 cm³/mol. The molecular weight excluding hydrogens is 262 g/mol. The van der Waals surface area contributed by atoms with Gasteiger partial charge in [-0.25, -0.2) is 13.6 Å². The number of halogens is 3. The van der Waals surface area contributed by atoms with Crippen LogP contribution in [-0.4, -0.2) is 11.1 Å². The average Bonchev–Trinajstić information content (AvgIpc) is 2.28. The molecule has 0 heterocycles.